The second kappa shape index (κ2) is 7.74. The van der Waals surface area contributed by atoms with Gasteiger partial charge in [-0.1, -0.05) is 13.8 Å². The molecule has 108 valence electrons. The molecule has 0 bridgehead atoms. The van der Waals surface area contributed by atoms with Gasteiger partial charge < -0.3 is 16.4 Å². The van der Waals surface area contributed by atoms with Crippen molar-refractivity contribution in [3.8, 4) is 0 Å². The molecule has 0 radical (unpaired) electrons. The second-order valence-electron chi connectivity index (χ2n) is 4.72. The Hall–Kier alpha value is -1.62. The molecule has 0 aliphatic rings. The molecular formula is C14H25N3O2. The number of hydrogen-bond donors (Lipinski definition) is 2. The fraction of sp³-hybridized carbons (Fsp3) is 0.571. The van der Waals surface area contributed by atoms with E-state index in [1.807, 2.05) is 32.8 Å². The van der Waals surface area contributed by atoms with E-state index in [4.69, 9.17) is 11.5 Å². The predicted octanol–water partition coefficient (Wildman–Crippen LogP) is 0.950. The minimum atomic E-state index is -0.477. The normalized spacial score (nSPS) is 15.2. The Morgan fingerprint density at radius 3 is 1.95 bits per heavy atom. The number of allylic oxidation sites excluding steroid dienone is 2. The monoisotopic (exact) mass is 267 g/mol. The van der Waals surface area contributed by atoms with Gasteiger partial charge >= 0.3 is 0 Å². The van der Waals surface area contributed by atoms with Gasteiger partial charge in [0, 0.05) is 17.2 Å². The van der Waals surface area contributed by atoms with Crippen molar-refractivity contribution in [3.05, 3.63) is 22.8 Å². The first-order chi connectivity index (χ1) is 8.76. The number of amides is 2. The lowest BCUT2D eigenvalue weighted by Crippen LogP contribution is -2.35. The van der Waals surface area contributed by atoms with Gasteiger partial charge in [-0.05, 0) is 45.5 Å². The fourth-order valence-corrected chi connectivity index (χ4v) is 2.02. The third-order valence-electron chi connectivity index (χ3n) is 3.22. The smallest absolute Gasteiger partial charge is 0.246 e. The quantitative estimate of drug-likeness (QED) is 0.531. The number of nitrogens with zero attached hydrogens (tertiary/aromatic N) is 1. The lowest BCUT2D eigenvalue weighted by molar-refractivity contribution is -0.115. The van der Waals surface area contributed by atoms with Crippen LogP contribution in [0.15, 0.2) is 22.8 Å². The average Bonchev–Trinajstić information content (AvgIpc) is 2.32. The molecule has 0 spiro atoms. The van der Waals surface area contributed by atoms with Gasteiger partial charge in [0.05, 0.1) is 0 Å². The highest BCUT2D eigenvalue weighted by molar-refractivity contribution is 5.96. The predicted molar refractivity (Wildman–Crippen MR) is 77.2 cm³/mol. The van der Waals surface area contributed by atoms with Crippen LogP contribution in [0, 0.1) is 0 Å². The summed E-state index contributed by atoms with van der Waals surface area (Å²) in [6, 6.07) is -0.0697. The van der Waals surface area contributed by atoms with E-state index < -0.39 is 11.8 Å². The molecule has 0 saturated carbocycles. The topological polar surface area (TPSA) is 89.4 Å². The van der Waals surface area contributed by atoms with Crippen LogP contribution in [0.5, 0.6) is 0 Å². The Bertz CT molecular complexity index is 409. The second-order valence-corrected chi connectivity index (χ2v) is 4.72. The highest BCUT2D eigenvalue weighted by Crippen LogP contribution is 2.18. The van der Waals surface area contributed by atoms with Gasteiger partial charge in [0.1, 0.15) is 0 Å². The summed E-state index contributed by atoms with van der Waals surface area (Å²) in [5.41, 5.74) is 12.5. The lowest BCUT2D eigenvalue weighted by Gasteiger charge is -2.24. The zero-order valence-electron chi connectivity index (χ0n) is 12.5. The van der Waals surface area contributed by atoms with Gasteiger partial charge in [-0.2, -0.15) is 0 Å². The molecule has 1 unspecified atom stereocenters. The summed E-state index contributed by atoms with van der Waals surface area (Å²) in [7, 11) is 3.78. The van der Waals surface area contributed by atoms with Crippen LogP contribution in [0.4, 0.5) is 0 Å². The van der Waals surface area contributed by atoms with Gasteiger partial charge in [0.25, 0.3) is 0 Å². The first kappa shape index (κ1) is 17.4. The van der Waals surface area contributed by atoms with Gasteiger partial charge in [-0.15, -0.1) is 0 Å². The maximum Gasteiger partial charge on any atom is 0.246 e. The molecule has 0 aromatic carbocycles. The number of carbonyl (C=O) groups is 2. The van der Waals surface area contributed by atoms with Crippen molar-refractivity contribution < 1.29 is 9.59 Å². The van der Waals surface area contributed by atoms with Crippen LogP contribution in [-0.4, -0.2) is 36.9 Å². The number of hydrogen-bond acceptors (Lipinski definition) is 3. The molecular weight excluding hydrogens is 242 g/mol. The van der Waals surface area contributed by atoms with Crippen molar-refractivity contribution in [3.63, 3.8) is 0 Å². The van der Waals surface area contributed by atoms with Crippen molar-refractivity contribution in [1.82, 2.24) is 4.90 Å². The summed E-state index contributed by atoms with van der Waals surface area (Å²) in [6.07, 6.45) is 3.08. The largest absolute Gasteiger partial charge is 0.366 e. The molecule has 2 amide bonds. The van der Waals surface area contributed by atoms with Crippen LogP contribution in [0.3, 0.4) is 0 Å². The van der Waals surface area contributed by atoms with Crippen molar-refractivity contribution in [2.45, 2.75) is 39.7 Å². The fourth-order valence-electron chi connectivity index (χ4n) is 2.02. The first-order valence-electron chi connectivity index (χ1n) is 6.43. The van der Waals surface area contributed by atoms with Crippen LogP contribution in [0.25, 0.3) is 0 Å². The average molecular weight is 267 g/mol. The van der Waals surface area contributed by atoms with Crippen LogP contribution < -0.4 is 11.5 Å². The van der Waals surface area contributed by atoms with Crippen LogP contribution in [-0.2, 0) is 9.59 Å². The lowest BCUT2D eigenvalue weighted by atomic mass is 9.97. The molecule has 5 nitrogen and oxygen atoms in total. The number of rotatable bonds is 7. The molecule has 0 rings (SSSR count). The summed E-state index contributed by atoms with van der Waals surface area (Å²) < 4.78 is 0. The zero-order valence-corrected chi connectivity index (χ0v) is 12.5. The number of primary amides is 2. The zero-order chi connectivity index (χ0) is 15.2. The van der Waals surface area contributed by atoms with Gasteiger partial charge in [-0.3, -0.25) is 9.59 Å². The molecule has 0 aromatic rings. The molecule has 4 N–H and O–H groups in total. The van der Waals surface area contributed by atoms with E-state index in [1.54, 1.807) is 13.0 Å². The molecule has 19 heavy (non-hydrogen) atoms. The number of carbonyl (C=O) groups excluding carboxylic acids is 2. The van der Waals surface area contributed by atoms with Gasteiger partial charge in [-0.25, -0.2) is 0 Å². The summed E-state index contributed by atoms with van der Waals surface area (Å²) in [5.74, 6) is -0.946. The molecule has 0 heterocycles. The van der Waals surface area contributed by atoms with E-state index in [2.05, 4.69) is 0 Å². The Balaban J connectivity index is 5.75. The Labute approximate surface area is 115 Å². The van der Waals surface area contributed by atoms with E-state index in [-0.39, 0.29) is 6.04 Å². The van der Waals surface area contributed by atoms with Crippen molar-refractivity contribution in [1.29, 1.82) is 0 Å². The Morgan fingerprint density at radius 1 is 1.16 bits per heavy atom. The molecule has 0 aliphatic carbocycles. The van der Waals surface area contributed by atoms with Crippen LogP contribution in [0.2, 0.25) is 0 Å². The third kappa shape index (κ3) is 4.87. The molecule has 0 saturated heterocycles. The third-order valence-corrected chi connectivity index (χ3v) is 3.22. The van der Waals surface area contributed by atoms with Gasteiger partial charge in [0.2, 0.25) is 11.8 Å². The van der Waals surface area contributed by atoms with Gasteiger partial charge in [0.15, 0.2) is 0 Å². The van der Waals surface area contributed by atoms with E-state index in [1.165, 1.54) is 0 Å². The highest BCUT2D eigenvalue weighted by atomic mass is 16.1. The maximum absolute atomic E-state index is 11.6. The van der Waals surface area contributed by atoms with Crippen molar-refractivity contribution in [2.75, 3.05) is 14.1 Å². The van der Waals surface area contributed by atoms with E-state index in [9.17, 15) is 9.59 Å². The Morgan fingerprint density at radius 2 is 1.68 bits per heavy atom. The minimum absolute atomic E-state index is 0.0697. The SMILES string of the molecule is CCC(/C=C(\C(N)=O)C(CC)N(C)C)=C(/C)C(N)=O. The summed E-state index contributed by atoms with van der Waals surface area (Å²) in [4.78, 5) is 24.8. The summed E-state index contributed by atoms with van der Waals surface area (Å²) >= 11 is 0. The summed E-state index contributed by atoms with van der Waals surface area (Å²) in [6.45, 7) is 5.55. The van der Waals surface area contributed by atoms with Crippen molar-refractivity contribution in [2.24, 2.45) is 11.5 Å². The highest BCUT2D eigenvalue weighted by Gasteiger charge is 2.20. The summed E-state index contributed by atoms with van der Waals surface area (Å²) in [5, 5.41) is 0. The molecule has 0 aromatic heterocycles. The minimum Gasteiger partial charge on any atom is -0.366 e. The van der Waals surface area contributed by atoms with E-state index in [0.717, 1.165) is 12.0 Å². The van der Waals surface area contributed by atoms with Crippen LogP contribution in [0.1, 0.15) is 33.6 Å². The molecule has 0 fully saturated rings. The standard InChI is InChI=1S/C14H25N3O2/c1-6-10(9(3)13(15)18)8-11(14(16)19)12(7-2)17(4)5/h8,12H,6-7H2,1-5H3,(H2,15,18)(H2,16,19)/b10-9+,11-8-. The maximum atomic E-state index is 11.6. The Kier molecular flexibility index (Phi) is 7.08. The molecule has 1 atom stereocenters. The van der Waals surface area contributed by atoms with E-state index >= 15 is 0 Å². The van der Waals surface area contributed by atoms with E-state index in [0.29, 0.717) is 17.6 Å². The molecule has 5 heteroatoms. The van der Waals surface area contributed by atoms with Crippen molar-refractivity contribution >= 4 is 11.8 Å². The van der Waals surface area contributed by atoms with Crippen LogP contribution >= 0.6 is 0 Å². The molecule has 0 aliphatic heterocycles. The number of nitrogens with two attached hydrogens (primary N) is 2. The first-order valence-corrected chi connectivity index (χ1v) is 6.43. The number of likely N-dealkylation sites (N-methyl/N-ethyl adjacent to an activating group) is 1.